The van der Waals surface area contributed by atoms with Crippen LogP contribution in [0.5, 0.6) is 0 Å². The number of hydrogen-bond acceptors (Lipinski definition) is 5. The largest absolute Gasteiger partial charge is 0.469 e. The van der Waals surface area contributed by atoms with E-state index >= 15 is 0 Å². The summed E-state index contributed by atoms with van der Waals surface area (Å²) in [4.78, 5) is 30.0. The highest BCUT2D eigenvalue weighted by Gasteiger charge is 2.26. The van der Waals surface area contributed by atoms with Crippen molar-refractivity contribution in [2.75, 3.05) is 40.3 Å². The van der Waals surface area contributed by atoms with Gasteiger partial charge in [-0.05, 0) is 32.3 Å². The molecule has 0 unspecified atom stereocenters. The number of carbonyl (C=O) groups excluding carboxylic acids is 2. The first-order valence-corrected chi connectivity index (χ1v) is 8.92. The second-order valence-corrected chi connectivity index (χ2v) is 6.30. The maximum absolute atomic E-state index is 11.9. The summed E-state index contributed by atoms with van der Waals surface area (Å²) in [7, 11) is 3.18. The van der Waals surface area contributed by atoms with Crippen molar-refractivity contribution in [2.45, 2.75) is 26.2 Å². The molecule has 144 valence electrons. The molecule has 1 fully saturated rings. The fraction of sp³-hybridized carbons (Fsp3) is 0.611. The zero-order valence-electron chi connectivity index (χ0n) is 15.7. The number of esters is 1. The molecule has 2 rings (SSSR count). The lowest BCUT2D eigenvalue weighted by atomic mass is 9.97. The molecule has 1 aliphatic rings. The van der Waals surface area contributed by atoms with Crippen molar-refractivity contribution < 1.29 is 18.7 Å². The Morgan fingerprint density at radius 2 is 2.00 bits per heavy atom. The number of rotatable bonds is 6. The minimum Gasteiger partial charge on any atom is -0.469 e. The molecule has 0 atom stereocenters. The van der Waals surface area contributed by atoms with Gasteiger partial charge in [0.1, 0.15) is 0 Å². The predicted octanol–water partition coefficient (Wildman–Crippen LogP) is 1.17. The number of guanidine groups is 1. The van der Waals surface area contributed by atoms with Crippen molar-refractivity contribution in [3.05, 3.63) is 23.7 Å². The average molecular weight is 364 g/mol. The molecule has 0 radical (unpaired) electrons. The molecular weight excluding hydrogens is 336 g/mol. The SMILES string of the molecule is CN=C(NCCCNC(=O)c1occc1C)N1CCC(C(=O)OC)CC1. The van der Waals surface area contributed by atoms with Crippen molar-refractivity contribution >= 4 is 17.8 Å². The van der Waals surface area contributed by atoms with Gasteiger partial charge in [0, 0.05) is 38.8 Å². The standard InChI is InChI=1S/C18H28N4O4/c1-13-7-12-26-15(13)16(23)20-8-4-9-21-18(19-2)22-10-5-14(6-11-22)17(24)25-3/h7,12,14H,4-6,8-11H2,1-3H3,(H,19,21)(H,20,23). The molecule has 8 nitrogen and oxygen atoms in total. The van der Waals surface area contributed by atoms with Crippen LogP contribution in [-0.2, 0) is 9.53 Å². The quantitative estimate of drug-likeness (QED) is 0.340. The highest BCUT2D eigenvalue weighted by Crippen LogP contribution is 2.18. The zero-order chi connectivity index (χ0) is 18.9. The number of aliphatic imine (C=N–C) groups is 1. The van der Waals surface area contributed by atoms with E-state index in [9.17, 15) is 9.59 Å². The second kappa shape index (κ2) is 9.84. The number of hydrogen-bond donors (Lipinski definition) is 2. The summed E-state index contributed by atoms with van der Waals surface area (Å²) in [6.45, 7) is 4.63. The average Bonchev–Trinajstić information content (AvgIpc) is 3.10. The fourth-order valence-electron chi connectivity index (χ4n) is 3.00. The van der Waals surface area contributed by atoms with Gasteiger partial charge in [0.15, 0.2) is 11.7 Å². The Morgan fingerprint density at radius 1 is 1.31 bits per heavy atom. The summed E-state index contributed by atoms with van der Waals surface area (Å²) in [5.74, 6) is 0.843. The van der Waals surface area contributed by atoms with E-state index in [4.69, 9.17) is 9.15 Å². The first kappa shape index (κ1) is 19.8. The molecule has 26 heavy (non-hydrogen) atoms. The smallest absolute Gasteiger partial charge is 0.308 e. The molecule has 0 aliphatic carbocycles. The zero-order valence-corrected chi connectivity index (χ0v) is 15.7. The summed E-state index contributed by atoms with van der Waals surface area (Å²) in [5, 5.41) is 6.15. The molecule has 0 bridgehead atoms. The maximum Gasteiger partial charge on any atom is 0.308 e. The molecule has 1 amide bonds. The Bertz CT molecular complexity index is 633. The van der Waals surface area contributed by atoms with Crippen LogP contribution in [0.2, 0.25) is 0 Å². The van der Waals surface area contributed by atoms with Crippen LogP contribution in [0, 0.1) is 12.8 Å². The summed E-state index contributed by atoms with van der Waals surface area (Å²) in [6.07, 6.45) is 3.82. The van der Waals surface area contributed by atoms with Gasteiger partial charge >= 0.3 is 5.97 Å². The molecular formula is C18H28N4O4. The van der Waals surface area contributed by atoms with Gasteiger partial charge in [-0.25, -0.2) is 0 Å². The minimum absolute atomic E-state index is 0.0189. The van der Waals surface area contributed by atoms with Crippen molar-refractivity contribution in [3.63, 3.8) is 0 Å². The lowest BCUT2D eigenvalue weighted by molar-refractivity contribution is -0.146. The van der Waals surface area contributed by atoms with E-state index in [2.05, 4.69) is 20.5 Å². The molecule has 0 spiro atoms. The number of amides is 1. The van der Waals surface area contributed by atoms with Gasteiger partial charge < -0.3 is 24.7 Å². The number of nitrogens with zero attached hydrogens (tertiary/aromatic N) is 2. The number of furan rings is 1. The first-order chi connectivity index (χ1) is 12.6. The molecule has 2 N–H and O–H groups in total. The van der Waals surface area contributed by atoms with Crippen LogP contribution in [-0.4, -0.2) is 63.1 Å². The fourth-order valence-corrected chi connectivity index (χ4v) is 3.00. The van der Waals surface area contributed by atoms with Crippen molar-refractivity contribution in [1.82, 2.24) is 15.5 Å². The predicted molar refractivity (Wildman–Crippen MR) is 98.1 cm³/mol. The number of methoxy groups -OCH3 is 1. The number of nitrogens with one attached hydrogen (secondary N) is 2. The Hall–Kier alpha value is -2.51. The van der Waals surface area contributed by atoms with Gasteiger partial charge in [-0.3, -0.25) is 14.6 Å². The Balaban J connectivity index is 1.66. The van der Waals surface area contributed by atoms with E-state index < -0.39 is 0 Å². The first-order valence-electron chi connectivity index (χ1n) is 8.92. The van der Waals surface area contributed by atoms with Crippen LogP contribution in [0.3, 0.4) is 0 Å². The number of ether oxygens (including phenoxy) is 1. The van der Waals surface area contributed by atoms with E-state index in [1.807, 2.05) is 6.92 Å². The van der Waals surface area contributed by atoms with Crippen molar-refractivity contribution in [2.24, 2.45) is 10.9 Å². The van der Waals surface area contributed by atoms with Crippen LogP contribution in [0.25, 0.3) is 0 Å². The van der Waals surface area contributed by atoms with Gasteiger partial charge in [0.25, 0.3) is 5.91 Å². The highest BCUT2D eigenvalue weighted by atomic mass is 16.5. The van der Waals surface area contributed by atoms with E-state index in [1.165, 1.54) is 13.4 Å². The van der Waals surface area contributed by atoms with Gasteiger partial charge in [-0.1, -0.05) is 0 Å². The molecule has 0 aromatic carbocycles. The van der Waals surface area contributed by atoms with Gasteiger partial charge in [0.2, 0.25) is 0 Å². The Kier molecular flexibility index (Phi) is 7.50. The third-order valence-corrected chi connectivity index (χ3v) is 4.53. The van der Waals surface area contributed by atoms with Crippen LogP contribution >= 0.6 is 0 Å². The third kappa shape index (κ3) is 5.24. The number of piperidine rings is 1. The third-order valence-electron chi connectivity index (χ3n) is 4.53. The number of aryl methyl sites for hydroxylation is 1. The molecule has 1 aromatic heterocycles. The molecule has 1 saturated heterocycles. The lowest BCUT2D eigenvalue weighted by Gasteiger charge is -2.33. The summed E-state index contributed by atoms with van der Waals surface area (Å²) in [6, 6.07) is 1.77. The Labute approximate surface area is 154 Å². The van der Waals surface area contributed by atoms with Gasteiger partial charge in [0.05, 0.1) is 19.3 Å². The molecule has 1 aromatic rings. The summed E-state index contributed by atoms with van der Waals surface area (Å²) >= 11 is 0. The minimum atomic E-state index is -0.193. The molecule has 2 heterocycles. The topological polar surface area (TPSA) is 96.2 Å². The van der Waals surface area contributed by atoms with Crippen LogP contribution in [0.1, 0.15) is 35.4 Å². The van der Waals surface area contributed by atoms with Crippen molar-refractivity contribution in [1.29, 1.82) is 0 Å². The lowest BCUT2D eigenvalue weighted by Crippen LogP contribution is -2.47. The van der Waals surface area contributed by atoms with E-state index in [0.29, 0.717) is 18.8 Å². The van der Waals surface area contributed by atoms with Gasteiger partial charge in [-0.2, -0.15) is 0 Å². The molecule has 8 heteroatoms. The molecule has 0 saturated carbocycles. The molecule has 1 aliphatic heterocycles. The normalized spacial score (nSPS) is 15.7. The van der Waals surface area contributed by atoms with Gasteiger partial charge in [-0.15, -0.1) is 0 Å². The van der Waals surface area contributed by atoms with Crippen molar-refractivity contribution in [3.8, 4) is 0 Å². The summed E-state index contributed by atoms with van der Waals surface area (Å²) in [5.41, 5.74) is 0.830. The second-order valence-electron chi connectivity index (χ2n) is 6.30. The van der Waals surface area contributed by atoms with Crippen LogP contribution in [0.4, 0.5) is 0 Å². The van der Waals surface area contributed by atoms with Crippen LogP contribution in [0.15, 0.2) is 21.7 Å². The highest BCUT2D eigenvalue weighted by molar-refractivity contribution is 5.92. The number of carbonyl (C=O) groups is 2. The van der Waals surface area contributed by atoms with E-state index in [1.54, 1.807) is 13.1 Å². The Morgan fingerprint density at radius 3 is 2.58 bits per heavy atom. The summed E-state index contributed by atoms with van der Waals surface area (Å²) < 4.78 is 9.98. The van der Waals surface area contributed by atoms with E-state index in [0.717, 1.165) is 43.9 Å². The van der Waals surface area contributed by atoms with E-state index in [-0.39, 0.29) is 17.8 Å². The maximum atomic E-state index is 11.9. The van der Waals surface area contributed by atoms with Crippen LogP contribution < -0.4 is 10.6 Å². The monoisotopic (exact) mass is 364 g/mol. The number of likely N-dealkylation sites (tertiary alicyclic amines) is 1.